The average molecular weight is 300 g/mol. The van der Waals surface area contributed by atoms with E-state index in [9.17, 15) is 4.79 Å². The van der Waals surface area contributed by atoms with Gasteiger partial charge in [0.2, 0.25) is 5.91 Å². The average Bonchev–Trinajstić information content (AvgIpc) is 3.02. The van der Waals surface area contributed by atoms with Crippen LogP contribution in [0.15, 0.2) is 30.3 Å². The molecule has 1 saturated heterocycles. The fourth-order valence-electron chi connectivity index (χ4n) is 4.30. The zero-order valence-electron chi connectivity index (χ0n) is 13.6. The number of amides is 1. The molecule has 3 rings (SSSR count). The van der Waals surface area contributed by atoms with Gasteiger partial charge in [-0.1, -0.05) is 56.5 Å². The minimum Gasteiger partial charge on any atom is -0.341 e. The molecule has 0 spiro atoms. The number of hydrogen-bond acceptors (Lipinski definition) is 2. The van der Waals surface area contributed by atoms with Crippen LogP contribution >= 0.6 is 0 Å². The molecule has 2 atom stereocenters. The summed E-state index contributed by atoms with van der Waals surface area (Å²) >= 11 is 0. The van der Waals surface area contributed by atoms with Gasteiger partial charge < -0.3 is 10.6 Å². The van der Waals surface area contributed by atoms with Crippen molar-refractivity contribution in [2.24, 2.45) is 11.7 Å². The maximum atomic E-state index is 12.8. The van der Waals surface area contributed by atoms with Gasteiger partial charge in [-0.25, -0.2) is 0 Å². The molecular formula is C19H28N2O. The second kappa shape index (κ2) is 6.41. The van der Waals surface area contributed by atoms with Crippen molar-refractivity contribution in [1.29, 1.82) is 0 Å². The third-order valence-electron chi connectivity index (χ3n) is 5.69. The monoisotopic (exact) mass is 300 g/mol. The molecule has 0 bridgehead atoms. The van der Waals surface area contributed by atoms with Gasteiger partial charge >= 0.3 is 0 Å². The molecular weight excluding hydrogens is 272 g/mol. The van der Waals surface area contributed by atoms with Crippen LogP contribution < -0.4 is 5.73 Å². The van der Waals surface area contributed by atoms with Crippen molar-refractivity contribution in [3.05, 3.63) is 35.9 Å². The lowest BCUT2D eigenvalue weighted by atomic mass is 9.78. The van der Waals surface area contributed by atoms with E-state index in [4.69, 9.17) is 5.73 Å². The summed E-state index contributed by atoms with van der Waals surface area (Å²) in [7, 11) is 0. The number of nitrogens with two attached hydrogens (primary N) is 1. The number of nitrogens with zero attached hydrogens (tertiary/aromatic N) is 1. The van der Waals surface area contributed by atoms with Gasteiger partial charge in [-0.2, -0.15) is 0 Å². The number of piperidine rings is 1. The highest BCUT2D eigenvalue weighted by atomic mass is 16.2. The van der Waals surface area contributed by atoms with Crippen LogP contribution in [0.3, 0.4) is 0 Å². The highest BCUT2D eigenvalue weighted by Gasteiger charge is 2.42. The van der Waals surface area contributed by atoms with E-state index in [0.717, 1.165) is 51.6 Å². The Morgan fingerprint density at radius 1 is 1.27 bits per heavy atom. The van der Waals surface area contributed by atoms with Gasteiger partial charge in [0.05, 0.1) is 5.54 Å². The number of carbonyl (C=O) groups is 1. The van der Waals surface area contributed by atoms with E-state index in [2.05, 4.69) is 42.2 Å². The van der Waals surface area contributed by atoms with Crippen molar-refractivity contribution in [3.63, 3.8) is 0 Å². The van der Waals surface area contributed by atoms with E-state index in [1.54, 1.807) is 0 Å². The first-order valence-corrected chi connectivity index (χ1v) is 8.77. The van der Waals surface area contributed by atoms with Crippen LogP contribution in [0.1, 0.15) is 56.9 Å². The minimum absolute atomic E-state index is 0.204. The van der Waals surface area contributed by atoms with Crippen LogP contribution in [0.5, 0.6) is 0 Å². The zero-order chi connectivity index (χ0) is 15.6. The van der Waals surface area contributed by atoms with Gasteiger partial charge in [-0.15, -0.1) is 0 Å². The Morgan fingerprint density at radius 2 is 1.95 bits per heavy atom. The van der Waals surface area contributed by atoms with Crippen LogP contribution in [-0.4, -0.2) is 29.4 Å². The van der Waals surface area contributed by atoms with E-state index >= 15 is 0 Å². The van der Waals surface area contributed by atoms with Crippen LogP contribution in [0.25, 0.3) is 0 Å². The summed E-state index contributed by atoms with van der Waals surface area (Å²) in [5.74, 6) is 1.33. The van der Waals surface area contributed by atoms with Crippen LogP contribution in [-0.2, 0) is 4.79 Å². The summed E-state index contributed by atoms with van der Waals surface area (Å²) in [6.07, 6.45) is 6.09. The van der Waals surface area contributed by atoms with Crippen molar-refractivity contribution in [2.75, 3.05) is 13.1 Å². The summed E-state index contributed by atoms with van der Waals surface area (Å²) < 4.78 is 0. The molecule has 2 aliphatic rings. The Bertz CT molecular complexity index is 507. The number of rotatable bonds is 3. The molecule has 1 heterocycles. The second-order valence-corrected chi connectivity index (χ2v) is 7.09. The normalized spacial score (nSPS) is 27.8. The Morgan fingerprint density at radius 3 is 2.59 bits per heavy atom. The third kappa shape index (κ3) is 2.91. The first-order chi connectivity index (χ1) is 10.6. The lowest BCUT2D eigenvalue weighted by Crippen LogP contribution is -2.56. The molecule has 1 saturated carbocycles. The number of benzene rings is 1. The van der Waals surface area contributed by atoms with Gasteiger partial charge in [-0.3, -0.25) is 4.79 Å². The molecule has 1 aromatic rings. The van der Waals surface area contributed by atoms with Crippen molar-refractivity contribution in [2.45, 2.75) is 56.9 Å². The lowest BCUT2D eigenvalue weighted by molar-refractivity contribution is -0.139. The fraction of sp³-hybridized carbons (Fsp3) is 0.632. The Balaban J connectivity index is 1.71. The molecule has 0 radical (unpaired) electrons. The maximum Gasteiger partial charge on any atom is 0.242 e. The van der Waals surface area contributed by atoms with Gasteiger partial charge in [0, 0.05) is 13.1 Å². The molecule has 1 aliphatic heterocycles. The molecule has 2 N–H and O–H groups in total. The van der Waals surface area contributed by atoms with Crippen molar-refractivity contribution >= 4 is 5.91 Å². The summed E-state index contributed by atoms with van der Waals surface area (Å²) in [5.41, 5.74) is 7.22. The smallest absolute Gasteiger partial charge is 0.242 e. The molecule has 1 aliphatic carbocycles. The van der Waals surface area contributed by atoms with E-state index in [0.29, 0.717) is 11.8 Å². The maximum absolute atomic E-state index is 12.8. The van der Waals surface area contributed by atoms with E-state index < -0.39 is 5.54 Å². The van der Waals surface area contributed by atoms with Gasteiger partial charge in [0.1, 0.15) is 0 Å². The highest BCUT2D eigenvalue weighted by Crippen LogP contribution is 2.37. The summed E-state index contributed by atoms with van der Waals surface area (Å²) in [6, 6.07) is 10.8. The molecule has 3 heteroatoms. The third-order valence-corrected chi connectivity index (χ3v) is 5.69. The zero-order valence-corrected chi connectivity index (χ0v) is 13.6. The number of likely N-dealkylation sites (tertiary alicyclic amines) is 1. The van der Waals surface area contributed by atoms with E-state index in [1.807, 2.05) is 0 Å². The standard InChI is InChI=1S/C19H28N2O/c1-2-15-14-21(18(22)19(20)11-6-7-12-19)13-10-17(15)16-8-4-3-5-9-16/h3-5,8-9,15,17H,2,6-7,10-14,20H2,1H3. The van der Waals surface area contributed by atoms with Crippen LogP contribution in [0.4, 0.5) is 0 Å². The molecule has 1 amide bonds. The first kappa shape index (κ1) is 15.5. The van der Waals surface area contributed by atoms with Crippen LogP contribution in [0, 0.1) is 5.92 Å². The molecule has 2 fully saturated rings. The highest BCUT2D eigenvalue weighted by molar-refractivity contribution is 5.86. The largest absolute Gasteiger partial charge is 0.341 e. The fourth-order valence-corrected chi connectivity index (χ4v) is 4.30. The van der Waals surface area contributed by atoms with Crippen molar-refractivity contribution in [1.82, 2.24) is 4.90 Å². The van der Waals surface area contributed by atoms with E-state index in [1.165, 1.54) is 5.56 Å². The van der Waals surface area contributed by atoms with Gasteiger partial charge in [0.15, 0.2) is 0 Å². The Kier molecular flexibility index (Phi) is 4.53. The molecule has 3 nitrogen and oxygen atoms in total. The quantitative estimate of drug-likeness (QED) is 0.931. The van der Waals surface area contributed by atoms with Crippen LogP contribution in [0.2, 0.25) is 0 Å². The number of carbonyl (C=O) groups excluding carboxylic acids is 1. The SMILES string of the molecule is CCC1CN(C(=O)C2(N)CCCC2)CCC1c1ccccc1. The predicted molar refractivity (Wildman–Crippen MR) is 89.5 cm³/mol. The first-order valence-electron chi connectivity index (χ1n) is 8.77. The van der Waals surface area contributed by atoms with Gasteiger partial charge in [-0.05, 0) is 36.7 Å². The molecule has 22 heavy (non-hydrogen) atoms. The summed E-state index contributed by atoms with van der Waals surface area (Å²) in [4.78, 5) is 14.9. The summed E-state index contributed by atoms with van der Waals surface area (Å²) in [5, 5.41) is 0. The lowest BCUT2D eigenvalue weighted by Gasteiger charge is -2.41. The topological polar surface area (TPSA) is 46.3 Å². The second-order valence-electron chi connectivity index (χ2n) is 7.09. The molecule has 2 unspecified atom stereocenters. The Labute approximate surface area is 133 Å². The molecule has 0 aromatic heterocycles. The minimum atomic E-state index is -0.572. The molecule has 1 aromatic carbocycles. The summed E-state index contributed by atoms with van der Waals surface area (Å²) in [6.45, 7) is 3.96. The van der Waals surface area contributed by atoms with Crippen molar-refractivity contribution < 1.29 is 4.79 Å². The van der Waals surface area contributed by atoms with Crippen molar-refractivity contribution in [3.8, 4) is 0 Å². The Hall–Kier alpha value is -1.35. The predicted octanol–water partition coefficient (Wildman–Crippen LogP) is 3.30. The van der Waals surface area contributed by atoms with E-state index in [-0.39, 0.29) is 5.91 Å². The number of hydrogen-bond donors (Lipinski definition) is 1. The molecule has 120 valence electrons. The van der Waals surface area contributed by atoms with Gasteiger partial charge in [0.25, 0.3) is 0 Å².